The van der Waals surface area contributed by atoms with E-state index in [4.69, 9.17) is 78.1 Å². The molecule has 0 spiro atoms. The summed E-state index contributed by atoms with van der Waals surface area (Å²) < 4.78 is 0. The Hall–Kier alpha value is -0.966. The van der Waals surface area contributed by atoms with E-state index in [9.17, 15) is 0 Å². The van der Waals surface area contributed by atoms with Crippen LogP contribution in [0.1, 0.15) is 91.2 Å². The third-order valence-corrected chi connectivity index (χ3v) is 11.7. The third-order valence-electron chi connectivity index (χ3n) is 9.52. The number of rotatable bonds is 15. The monoisotopic (exact) mass is 1010 g/mol. The van der Waals surface area contributed by atoms with Gasteiger partial charge in [-0.2, -0.15) is 0 Å². The quantitative estimate of drug-likeness (QED) is 0.0438. The van der Waals surface area contributed by atoms with Gasteiger partial charge in [0.25, 0.3) is 0 Å². The Morgan fingerprint density at radius 2 is 0.667 bits per heavy atom. The number of hydrogen-bond donors (Lipinski definition) is 0. The topological polar surface area (TPSA) is 6.48 Å². The number of hydrogen-bond acceptors (Lipinski definition) is 2. The van der Waals surface area contributed by atoms with Gasteiger partial charge in [0.1, 0.15) is 0 Å². The van der Waals surface area contributed by atoms with Crippen LogP contribution in [0.4, 0.5) is 0 Å². The van der Waals surface area contributed by atoms with Crippen LogP contribution >= 0.6 is 90.5 Å². The first-order chi connectivity index (χ1) is 28.4. The largest absolute Gasteiger partial charge is 0.345 e. The lowest BCUT2D eigenvalue weighted by Crippen LogP contribution is -2.26. The first kappa shape index (κ1) is 57.1. The predicted octanol–water partition coefficient (Wildman–Crippen LogP) is 17.3. The van der Waals surface area contributed by atoms with Gasteiger partial charge in [0.15, 0.2) is 0 Å². The summed E-state index contributed by atoms with van der Waals surface area (Å²) >= 11 is 39.3. The van der Waals surface area contributed by atoms with E-state index in [1.165, 1.54) is 126 Å². The minimum atomic E-state index is -2.72. The van der Waals surface area contributed by atoms with Crippen molar-refractivity contribution in [2.75, 3.05) is 39.3 Å². The molecule has 0 saturated carbocycles. The van der Waals surface area contributed by atoms with Crippen molar-refractivity contribution in [1.29, 1.82) is 0 Å². The van der Waals surface area contributed by atoms with Gasteiger partial charge >= 0.3 is 12.7 Å². The lowest BCUT2D eigenvalue weighted by molar-refractivity contribution is 0.275. The summed E-state index contributed by atoms with van der Waals surface area (Å²) in [5, 5.41) is 9.79. The van der Waals surface area contributed by atoms with Crippen molar-refractivity contribution >= 4 is 146 Å². The lowest BCUT2D eigenvalue weighted by atomic mass is 9.98. The normalized spacial score (nSPS) is 11.0. The van der Waals surface area contributed by atoms with Crippen LogP contribution in [-0.2, 0) is 11.9 Å². The van der Waals surface area contributed by atoms with Crippen molar-refractivity contribution in [3.63, 3.8) is 0 Å². The molecule has 0 N–H and O–H groups in total. The molecule has 0 saturated heterocycles. The fourth-order valence-corrected chi connectivity index (χ4v) is 9.59. The second-order valence-electron chi connectivity index (χ2n) is 14.5. The van der Waals surface area contributed by atoms with Crippen molar-refractivity contribution in [2.45, 2.75) is 92.0 Å². The maximum atomic E-state index is 6.14. The molecule has 0 amide bonds. The smallest absolute Gasteiger partial charge is 0.303 e. The van der Waals surface area contributed by atoms with Crippen LogP contribution < -0.4 is 0 Å². The lowest BCUT2D eigenvalue weighted by Gasteiger charge is -2.19. The van der Waals surface area contributed by atoms with Crippen molar-refractivity contribution in [2.24, 2.45) is 0 Å². The molecule has 12 heteroatoms. The van der Waals surface area contributed by atoms with E-state index in [-0.39, 0.29) is 12.4 Å². The van der Waals surface area contributed by atoms with Gasteiger partial charge in [-0.3, -0.25) is 0 Å². The summed E-state index contributed by atoms with van der Waals surface area (Å²) in [5.41, 5.74) is 2.38. The molecule has 0 unspecified atom stereocenters. The molecule has 60 heavy (non-hydrogen) atoms. The molecule has 0 heterocycles. The Bertz CT molecular complexity index is 1890. The number of fused-ring (bicyclic) bond motifs is 4. The molecule has 0 atom stereocenters. The van der Waals surface area contributed by atoms with Crippen molar-refractivity contribution in [3.05, 3.63) is 120 Å². The van der Waals surface area contributed by atoms with Gasteiger partial charge in [0.2, 0.25) is 0 Å². The van der Waals surface area contributed by atoms with Crippen molar-refractivity contribution < 1.29 is 0 Å². The fourth-order valence-electron chi connectivity index (χ4n) is 7.32. The van der Waals surface area contributed by atoms with Crippen molar-refractivity contribution in [3.8, 4) is 0 Å². The third kappa shape index (κ3) is 21.1. The minimum absolute atomic E-state index is 0. The van der Waals surface area contributed by atoms with Crippen LogP contribution in [0.3, 0.4) is 0 Å². The number of nitrogens with zero attached hydrogens (tertiary/aromatic N) is 2. The Balaban J connectivity index is 0.000000400. The molecule has 0 radical (unpaired) electrons. The molecule has 6 rings (SSSR count). The van der Waals surface area contributed by atoms with Gasteiger partial charge in [-0.25, -0.2) is 0 Å². The highest BCUT2D eigenvalue weighted by atomic mass is 35.8. The minimum Gasteiger partial charge on any atom is -0.303 e. The summed E-state index contributed by atoms with van der Waals surface area (Å²) in [4.78, 5) is 5.08. The fraction of sp³-hybridized carbons (Fsp3) is 0.417. The highest BCUT2D eigenvalue weighted by Crippen LogP contribution is 2.34. The van der Waals surface area contributed by atoms with Crippen LogP contribution in [0.2, 0.25) is 0 Å². The molecule has 0 fully saturated rings. The molecule has 2 nitrogen and oxygen atoms in total. The molecule has 0 aromatic heterocycles. The van der Waals surface area contributed by atoms with Gasteiger partial charge in [-0.05, 0) is 144 Å². The first-order valence-electron chi connectivity index (χ1n) is 21.2. The Kier molecular flexibility index (Phi) is 31.0. The SMILES string of the molecule is CCCN(CCC)CCC.CCCN(CCC)CCC.Cl.ClCc1c2ccccc2cc2ccccc12.Cl[SiH](Cl)Cl.Cl[Si](Cl)(Cl)Cc1c2ccccc2cc2ccccc12. The van der Waals surface area contributed by atoms with Crippen LogP contribution in [0.25, 0.3) is 43.1 Å². The molecular formula is C48H66Cl8N2Si2. The molecule has 0 aliphatic heterocycles. The number of alkyl halides is 1. The zero-order valence-corrected chi connectivity index (χ0v) is 44.6. The standard InChI is InChI=1S/C15H11Cl3Si.C15H11Cl.2C9H21N.Cl3HSi.ClH/c16-19(17,18)10-15-13-7-3-1-5-11(13)9-12-6-2-4-8-14(12)15;16-10-15-13-7-3-1-5-11(13)9-12-6-2-4-8-14(12)15;2*1-4-7-10(8-5-2)9-6-3;1-4(2)3;/h1-9H,10H2;1-9H,10H2;2*4-9H2,1-3H3;4H;1H. The summed E-state index contributed by atoms with van der Waals surface area (Å²) in [7, 11) is 0. The highest BCUT2D eigenvalue weighted by molar-refractivity contribution is 7.64. The Morgan fingerprint density at radius 3 is 0.883 bits per heavy atom. The van der Waals surface area contributed by atoms with Crippen LogP contribution in [0, 0.1) is 0 Å². The average Bonchev–Trinajstić information content (AvgIpc) is 3.20. The maximum absolute atomic E-state index is 6.14. The number of benzene rings is 6. The van der Waals surface area contributed by atoms with Crippen LogP contribution in [-0.4, -0.2) is 61.8 Å². The molecule has 0 aliphatic carbocycles. The molecule has 0 bridgehead atoms. The maximum Gasteiger partial charge on any atom is 0.345 e. The van der Waals surface area contributed by atoms with E-state index in [0.29, 0.717) is 11.9 Å². The van der Waals surface area contributed by atoms with E-state index in [1.807, 2.05) is 24.3 Å². The van der Waals surface area contributed by atoms with Gasteiger partial charge in [0, 0.05) is 11.9 Å². The number of halogens is 8. The zero-order chi connectivity index (χ0) is 43.6. The summed E-state index contributed by atoms with van der Waals surface area (Å²) in [5.74, 6) is 0.557. The van der Waals surface area contributed by atoms with Gasteiger partial charge in [0.05, 0.1) is 0 Å². The van der Waals surface area contributed by atoms with E-state index in [1.54, 1.807) is 0 Å². The predicted molar refractivity (Wildman–Crippen MR) is 286 cm³/mol. The Labute approximate surface area is 404 Å². The molecule has 0 aliphatic rings. The summed E-state index contributed by atoms with van der Waals surface area (Å²) in [6.07, 6.45) is 7.75. The molecule has 6 aromatic rings. The van der Waals surface area contributed by atoms with Gasteiger partial charge < -0.3 is 9.80 Å². The zero-order valence-electron chi connectivity index (χ0n) is 36.3. The van der Waals surface area contributed by atoms with E-state index in [2.05, 4.69) is 136 Å². The highest BCUT2D eigenvalue weighted by Gasteiger charge is 2.27. The second kappa shape index (κ2) is 32.7. The molecule has 6 aromatic carbocycles. The van der Waals surface area contributed by atoms with Crippen LogP contribution in [0.15, 0.2) is 109 Å². The van der Waals surface area contributed by atoms with Crippen molar-refractivity contribution in [1.82, 2.24) is 9.80 Å². The second-order valence-corrected chi connectivity index (χ2v) is 30.3. The molecule has 332 valence electrons. The summed E-state index contributed by atoms with van der Waals surface area (Å²) in [6, 6.07) is 35.6. The molecular weight excluding hydrogens is 944 g/mol. The van der Waals surface area contributed by atoms with Gasteiger partial charge in [-0.1, -0.05) is 139 Å². The van der Waals surface area contributed by atoms with E-state index < -0.39 is 12.7 Å². The van der Waals surface area contributed by atoms with Gasteiger partial charge in [-0.15, -0.1) is 90.5 Å². The summed E-state index contributed by atoms with van der Waals surface area (Å²) in [6.45, 7) is 19.4. The average molecular weight is 1010 g/mol. The van der Waals surface area contributed by atoms with Crippen LogP contribution in [0.5, 0.6) is 0 Å². The van der Waals surface area contributed by atoms with E-state index in [0.717, 1.165) is 5.56 Å². The van der Waals surface area contributed by atoms with E-state index >= 15 is 0 Å². The first-order valence-corrected chi connectivity index (χ1v) is 32.2. The Morgan fingerprint density at radius 1 is 0.433 bits per heavy atom.